The van der Waals surface area contributed by atoms with Gasteiger partial charge in [-0.2, -0.15) is 0 Å². The van der Waals surface area contributed by atoms with Gasteiger partial charge in [0.2, 0.25) is 0 Å². The van der Waals surface area contributed by atoms with Gasteiger partial charge in [0.25, 0.3) is 0 Å². The molecule has 1 aromatic carbocycles. The van der Waals surface area contributed by atoms with Crippen molar-refractivity contribution < 1.29 is 14.3 Å². The third-order valence-corrected chi connectivity index (χ3v) is 3.03. The van der Waals surface area contributed by atoms with Crippen LogP contribution in [-0.2, 0) is 11.2 Å². The summed E-state index contributed by atoms with van der Waals surface area (Å²) in [6, 6.07) is 9.48. The summed E-state index contributed by atoms with van der Waals surface area (Å²) in [7, 11) is 0. The summed E-state index contributed by atoms with van der Waals surface area (Å²) in [6.07, 6.45) is 1.89. The number of carbonyl (C=O) groups is 1. The number of benzene rings is 1. The number of halogens is 1. The van der Waals surface area contributed by atoms with Gasteiger partial charge in [-0.1, -0.05) is 18.2 Å². The van der Waals surface area contributed by atoms with Gasteiger partial charge in [0.15, 0.2) is 0 Å². The Labute approximate surface area is 110 Å². The van der Waals surface area contributed by atoms with Crippen LogP contribution >= 0.6 is 0 Å². The number of carboxylic acid groups (broad SMARTS) is 1. The Kier molecular flexibility index (Phi) is 3.90. The molecule has 0 saturated heterocycles. The quantitative estimate of drug-likeness (QED) is 0.918. The number of aryl methyl sites for hydroxylation is 1. The van der Waals surface area contributed by atoms with Crippen LogP contribution in [0.5, 0.6) is 0 Å². The maximum atomic E-state index is 12.8. The first-order valence-electron chi connectivity index (χ1n) is 5.96. The van der Waals surface area contributed by atoms with Crippen LogP contribution in [0.3, 0.4) is 0 Å². The summed E-state index contributed by atoms with van der Waals surface area (Å²) in [5, 5.41) is 9.35. The molecule has 0 spiro atoms. The second kappa shape index (κ2) is 5.61. The standard InChI is InChI=1S/C15H14FNO2/c1-10-3-2-8-17-14(10)13(15(18)19)9-11-4-6-12(16)7-5-11/h2-8,13H,9H2,1H3,(H,18,19). The van der Waals surface area contributed by atoms with Gasteiger partial charge in [-0.05, 0) is 42.7 Å². The highest BCUT2D eigenvalue weighted by Crippen LogP contribution is 2.22. The van der Waals surface area contributed by atoms with E-state index >= 15 is 0 Å². The lowest BCUT2D eigenvalue weighted by Gasteiger charge is -2.14. The average Bonchev–Trinajstić information content (AvgIpc) is 2.39. The van der Waals surface area contributed by atoms with Crippen molar-refractivity contribution in [1.29, 1.82) is 0 Å². The number of rotatable bonds is 4. The zero-order valence-corrected chi connectivity index (χ0v) is 10.5. The maximum Gasteiger partial charge on any atom is 0.312 e. The van der Waals surface area contributed by atoms with E-state index in [0.717, 1.165) is 11.1 Å². The van der Waals surface area contributed by atoms with Crippen molar-refractivity contribution in [3.8, 4) is 0 Å². The molecule has 1 unspecified atom stereocenters. The van der Waals surface area contributed by atoms with Gasteiger partial charge in [0.05, 0.1) is 5.69 Å². The molecule has 19 heavy (non-hydrogen) atoms. The molecular formula is C15H14FNO2. The van der Waals surface area contributed by atoms with E-state index in [1.807, 2.05) is 13.0 Å². The van der Waals surface area contributed by atoms with Crippen LogP contribution in [0.1, 0.15) is 22.7 Å². The second-order valence-corrected chi connectivity index (χ2v) is 4.43. The van der Waals surface area contributed by atoms with Crippen LogP contribution in [0.25, 0.3) is 0 Å². The molecule has 4 heteroatoms. The van der Waals surface area contributed by atoms with Crippen LogP contribution in [0.15, 0.2) is 42.6 Å². The van der Waals surface area contributed by atoms with Gasteiger partial charge in [-0.3, -0.25) is 9.78 Å². The minimum absolute atomic E-state index is 0.299. The summed E-state index contributed by atoms with van der Waals surface area (Å²) in [5.41, 5.74) is 2.18. The molecule has 0 aliphatic heterocycles. The van der Waals surface area contributed by atoms with Gasteiger partial charge >= 0.3 is 5.97 Å². The van der Waals surface area contributed by atoms with Crippen molar-refractivity contribution in [3.05, 3.63) is 65.2 Å². The summed E-state index contributed by atoms with van der Waals surface area (Å²) >= 11 is 0. The SMILES string of the molecule is Cc1cccnc1C(Cc1ccc(F)cc1)C(=O)O. The van der Waals surface area contributed by atoms with E-state index in [1.165, 1.54) is 12.1 Å². The molecule has 0 amide bonds. The number of pyridine rings is 1. The Morgan fingerprint density at radius 1 is 1.32 bits per heavy atom. The lowest BCUT2D eigenvalue weighted by molar-refractivity contribution is -0.138. The molecule has 0 fully saturated rings. The third kappa shape index (κ3) is 3.16. The van der Waals surface area contributed by atoms with Gasteiger partial charge in [-0.25, -0.2) is 4.39 Å². The van der Waals surface area contributed by atoms with Crippen LogP contribution in [0.4, 0.5) is 4.39 Å². The average molecular weight is 259 g/mol. The fraction of sp³-hybridized carbons (Fsp3) is 0.200. The molecule has 0 bridgehead atoms. The van der Waals surface area contributed by atoms with Crippen molar-refractivity contribution in [1.82, 2.24) is 4.98 Å². The summed E-state index contributed by atoms with van der Waals surface area (Å²) in [5.74, 6) is -1.97. The Hall–Kier alpha value is -2.23. The van der Waals surface area contributed by atoms with Crippen LogP contribution in [0.2, 0.25) is 0 Å². The Bertz CT molecular complexity index is 581. The van der Waals surface area contributed by atoms with Gasteiger partial charge in [0, 0.05) is 6.20 Å². The molecule has 0 aliphatic rings. The van der Waals surface area contributed by atoms with Crippen molar-refractivity contribution in [2.45, 2.75) is 19.3 Å². The number of nitrogens with zero attached hydrogens (tertiary/aromatic N) is 1. The van der Waals surface area contributed by atoms with E-state index in [9.17, 15) is 14.3 Å². The normalized spacial score (nSPS) is 12.1. The highest BCUT2D eigenvalue weighted by molar-refractivity contribution is 5.76. The van der Waals surface area contributed by atoms with Crippen LogP contribution in [0, 0.1) is 12.7 Å². The molecule has 98 valence electrons. The monoisotopic (exact) mass is 259 g/mol. The van der Waals surface area contributed by atoms with Gasteiger partial charge < -0.3 is 5.11 Å². The number of carboxylic acids is 1. The predicted molar refractivity (Wildman–Crippen MR) is 69.5 cm³/mol. The second-order valence-electron chi connectivity index (χ2n) is 4.43. The molecule has 2 rings (SSSR count). The third-order valence-electron chi connectivity index (χ3n) is 3.03. The van der Waals surface area contributed by atoms with E-state index in [1.54, 1.807) is 24.4 Å². The first-order chi connectivity index (χ1) is 9.08. The van der Waals surface area contributed by atoms with Crippen molar-refractivity contribution in [3.63, 3.8) is 0 Å². The highest BCUT2D eigenvalue weighted by atomic mass is 19.1. The fourth-order valence-electron chi connectivity index (χ4n) is 2.02. The minimum Gasteiger partial charge on any atom is -0.481 e. The van der Waals surface area contributed by atoms with Gasteiger partial charge in [-0.15, -0.1) is 0 Å². The fourth-order valence-corrected chi connectivity index (χ4v) is 2.02. The molecule has 3 nitrogen and oxygen atoms in total. The molecule has 2 aromatic rings. The largest absolute Gasteiger partial charge is 0.481 e. The lowest BCUT2D eigenvalue weighted by Crippen LogP contribution is -2.17. The van der Waals surface area contributed by atoms with Crippen LogP contribution < -0.4 is 0 Å². The minimum atomic E-state index is -0.925. The molecule has 0 saturated carbocycles. The summed E-state index contributed by atoms with van der Waals surface area (Å²) in [6.45, 7) is 1.84. The number of hydrogen-bond donors (Lipinski definition) is 1. The van der Waals surface area contributed by atoms with E-state index < -0.39 is 11.9 Å². The predicted octanol–water partition coefficient (Wildman–Crippen LogP) is 2.94. The van der Waals surface area contributed by atoms with Crippen molar-refractivity contribution in [2.75, 3.05) is 0 Å². The molecular weight excluding hydrogens is 245 g/mol. The zero-order valence-electron chi connectivity index (χ0n) is 10.5. The molecule has 0 aliphatic carbocycles. The van der Waals surface area contributed by atoms with E-state index in [0.29, 0.717) is 12.1 Å². The van der Waals surface area contributed by atoms with Crippen molar-refractivity contribution >= 4 is 5.97 Å². The molecule has 1 aromatic heterocycles. The zero-order chi connectivity index (χ0) is 13.8. The first kappa shape index (κ1) is 13.2. The molecule has 1 N–H and O–H groups in total. The number of hydrogen-bond acceptors (Lipinski definition) is 2. The van der Waals surface area contributed by atoms with Crippen LogP contribution in [-0.4, -0.2) is 16.1 Å². The number of aromatic nitrogens is 1. The van der Waals surface area contributed by atoms with Crippen molar-refractivity contribution in [2.24, 2.45) is 0 Å². The molecule has 1 heterocycles. The van der Waals surface area contributed by atoms with Gasteiger partial charge in [0.1, 0.15) is 11.7 Å². The highest BCUT2D eigenvalue weighted by Gasteiger charge is 2.23. The Morgan fingerprint density at radius 3 is 2.58 bits per heavy atom. The maximum absolute atomic E-state index is 12.8. The smallest absolute Gasteiger partial charge is 0.312 e. The Morgan fingerprint density at radius 2 is 2.00 bits per heavy atom. The summed E-state index contributed by atoms with van der Waals surface area (Å²) in [4.78, 5) is 15.6. The number of aliphatic carboxylic acids is 1. The lowest BCUT2D eigenvalue weighted by atomic mass is 9.93. The first-order valence-corrected chi connectivity index (χ1v) is 5.96. The Balaban J connectivity index is 2.29. The molecule has 1 atom stereocenters. The topological polar surface area (TPSA) is 50.2 Å². The van der Waals surface area contributed by atoms with E-state index in [4.69, 9.17) is 0 Å². The van der Waals surface area contributed by atoms with E-state index in [2.05, 4.69) is 4.98 Å². The van der Waals surface area contributed by atoms with E-state index in [-0.39, 0.29) is 5.82 Å². The molecule has 0 radical (unpaired) electrons. The summed E-state index contributed by atoms with van der Waals surface area (Å²) < 4.78 is 12.8.